The van der Waals surface area contributed by atoms with Crippen LogP contribution in [0.25, 0.3) is 10.9 Å². The molecule has 170 valence electrons. The van der Waals surface area contributed by atoms with E-state index >= 15 is 0 Å². The maximum absolute atomic E-state index is 5.82. The minimum Gasteiger partial charge on any atom is -0.372 e. The van der Waals surface area contributed by atoms with Gasteiger partial charge in [-0.2, -0.15) is 0 Å². The van der Waals surface area contributed by atoms with Crippen LogP contribution in [-0.2, 0) is 17.7 Å². The highest BCUT2D eigenvalue weighted by molar-refractivity contribution is 5.83. The van der Waals surface area contributed by atoms with E-state index in [1.165, 1.54) is 16.5 Å². The lowest BCUT2D eigenvalue weighted by molar-refractivity contribution is -0.00545. The first-order valence-electron chi connectivity index (χ1n) is 11.5. The third kappa shape index (κ3) is 5.59. The zero-order valence-corrected chi connectivity index (χ0v) is 19.3. The molecule has 2 unspecified atom stereocenters. The summed E-state index contributed by atoms with van der Waals surface area (Å²) in [5.74, 6) is 1.83. The molecule has 2 aromatic heterocycles. The molecule has 1 aromatic carbocycles. The number of morpholine rings is 1. The monoisotopic (exact) mass is 434 g/mol. The Bertz CT molecular complexity index is 1020. The molecule has 0 spiro atoms. The van der Waals surface area contributed by atoms with E-state index < -0.39 is 0 Å². The second-order valence-electron chi connectivity index (χ2n) is 8.42. The number of rotatable bonds is 7. The first-order valence-corrected chi connectivity index (χ1v) is 11.5. The lowest BCUT2D eigenvalue weighted by atomic mass is 10.1. The van der Waals surface area contributed by atoms with Crippen molar-refractivity contribution < 1.29 is 4.74 Å². The number of H-pyrrole nitrogens is 1. The number of hydrogen-bond donors (Lipinski definition) is 3. The molecule has 32 heavy (non-hydrogen) atoms. The van der Waals surface area contributed by atoms with Crippen LogP contribution in [0.4, 0.5) is 5.82 Å². The van der Waals surface area contributed by atoms with Crippen LogP contribution in [-0.4, -0.2) is 54.3 Å². The number of hydrogen-bond acceptors (Lipinski definition) is 4. The molecule has 0 aliphatic carbocycles. The van der Waals surface area contributed by atoms with Crippen LogP contribution in [0.2, 0.25) is 0 Å². The first kappa shape index (κ1) is 22.1. The van der Waals surface area contributed by atoms with Gasteiger partial charge in [-0.05, 0) is 50.5 Å². The quantitative estimate of drug-likeness (QED) is 0.392. The smallest absolute Gasteiger partial charge is 0.191 e. The molecule has 3 aromatic rings. The average Bonchev–Trinajstić information content (AvgIpc) is 3.20. The Balaban J connectivity index is 1.32. The molecule has 7 heteroatoms. The van der Waals surface area contributed by atoms with Gasteiger partial charge in [-0.15, -0.1) is 0 Å². The molecule has 0 radical (unpaired) electrons. The number of aromatic nitrogens is 2. The van der Waals surface area contributed by atoms with Gasteiger partial charge in [0.2, 0.25) is 0 Å². The number of guanidine groups is 1. The van der Waals surface area contributed by atoms with E-state index in [2.05, 4.69) is 88.9 Å². The number of benzene rings is 1. The Labute approximate surface area is 190 Å². The Kier molecular flexibility index (Phi) is 7.27. The third-order valence-electron chi connectivity index (χ3n) is 5.68. The number of ether oxygens (including phenoxy) is 1. The van der Waals surface area contributed by atoms with Crippen molar-refractivity contribution in [3.8, 4) is 0 Å². The Morgan fingerprint density at radius 1 is 1.16 bits per heavy atom. The summed E-state index contributed by atoms with van der Waals surface area (Å²) >= 11 is 0. The molecule has 1 fully saturated rings. The summed E-state index contributed by atoms with van der Waals surface area (Å²) in [6, 6.07) is 12.6. The highest BCUT2D eigenvalue weighted by Crippen LogP contribution is 2.19. The van der Waals surface area contributed by atoms with Gasteiger partial charge >= 0.3 is 0 Å². The lowest BCUT2D eigenvalue weighted by Crippen LogP contribution is -2.45. The first-order chi connectivity index (χ1) is 15.6. The summed E-state index contributed by atoms with van der Waals surface area (Å²) < 4.78 is 5.82. The number of nitrogens with one attached hydrogen (secondary N) is 3. The standard InChI is InChI=1S/C25H34N6O/c1-4-26-25(27-12-11-21-15-28-23-8-6-5-7-22(21)23)30-14-20-9-10-24(29-13-20)31-16-18(2)32-19(3)17-31/h5-10,13,15,18-19,28H,4,11-12,14,16-17H2,1-3H3,(H2,26,27,30). The van der Waals surface area contributed by atoms with Crippen LogP contribution in [0.5, 0.6) is 0 Å². The predicted octanol–water partition coefficient (Wildman–Crippen LogP) is 3.47. The van der Waals surface area contributed by atoms with Crippen molar-refractivity contribution in [1.29, 1.82) is 0 Å². The normalized spacial score (nSPS) is 19.3. The lowest BCUT2D eigenvalue weighted by Gasteiger charge is -2.36. The fourth-order valence-electron chi connectivity index (χ4n) is 4.23. The second-order valence-corrected chi connectivity index (χ2v) is 8.42. The van der Waals surface area contributed by atoms with Gasteiger partial charge in [-0.1, -0.05) is 24.3 Å². The topological polar surface area (TPSA) is 77.6 Å². The van der Waals surface area contributed by atoms with E-state index in [1.54, 1.807) is 0 Å². The number of pyridine rings is 1. The molecular weight excluding hydrogens is 400 g/mol. The van der Waals surface area contributed by atoms with E-state index in [0.29, 0.717) is 6.54 Å². The highest BCUT2D eigenvalue weighted by atomic mass is 16.5. The number of fused-ring (bicyclic) bond motifs is 1. The van der Waals surface area contributed by atoms with Crippen LogP contribution in [0.3, 0.4) is 0 Å². The maximum Gasteiger partial charge on any atom is 0.191 e. The molecule has 3 N–H and O–H groups in total. The largest absolute Gasteiger partial charge is 0.372 e. The molecule has 0 saturated carbocycles. The summed E-state index contributed by atoms with van der Waals surface area (Å²) in [5, 5.41) is 8.06. The van der Waals surface area contributed by atoms with E-state index in [4.69, 9.17) is 9.73 Å². The molecular formula is C25H34N6O. The average molecular weight is 435 g/mol. The van der Waals surface area contributed by atoms with Gasteiger partial charge in [0.25, 0.3) is 0 Å². The molecule has 1 saturated heterocycles. The molecule has 0 bridgehead atoms. The van der Waals surface area contributed by atoms with E-state index in [-0.39, 0.29) is 12.2 Å². The van der Waals surface area contributed by atoms with Crippen molar-refractivity contribution >= 4 is 22.7 Å². The molecule has 1 aliphatic rings. The van der Waals surface area contributed by atoms with Gasteiger partial charge < -0.3 is 25.3 Å². The summed E-state index contributed by atoms with van der Waals surface area (Å²) in [4.78, 5) is 15.1. The van der Waals surface area contributed by atoms with E-state index in [0.717, 1.165) is 49.9 Å². The summed E-state index contributed by atoms with van der Waals surface area (Å²) in [7, 11) is 0. The van der Waals surface area contributed by atoms with E-state index in [9.17, 15) is 0 Å². The van der Waals surface area contributed by atoms with Crippen molar-refractivity contribution in [1.82, 2.24) is 20.6 Å². The summed E-state index contributed by atoms with van der Waals surface area (Å²) in [6.07, 6.45) is 5.41. The maximum atomic E-state index is 5.82. The summed E-state index contributed by atoms with van der Waals surface area (Å²) in [6.45, 7) is 10.3. The van der Waals surface area contributed by atoms with Crippen molar-refractivity contribution in [2.24, 2.45) is 4.99 Å². The fraction of sp³-hybridized carbons (Fsp3) is 0.440. The zero-order chi connectivity index (χ0) is 22.3. The number of nitrogens with zero attached hydrogens (tertiary/aromatic N) is 3. The highest BCUT2D eigenvalue weighted by Gasteiger charge is 2.22. The van der Waals surface area contributed by atoms with Crippen molar-refractivity contribution in [2.45, 2.75) is 45.9 Å². The molecule has 7 nitrogen and oxygen atoms in total. The molecule has 0 amide bonds. The predicted molar refractivity (Wildman–Crippen MR) is 131 cm³/mol. The molecule has 4 rings (SSSR count). The van der Waals surface area contributed by atoms with Gasteiger partial charge in [0.1, 0.15) is 5.82 Å². The second kappa shape index (κ2) is 10.5. The summed E-state index contributed by atoms with van der Waals surface area (Å²) in [5.41, 5.74) is 3.59. The Morgan fingerprint density at radius 2 is 1.97 bits per heavy atom. The van der Waals surface area contributed by atoms with Crippen molar-refractivity contribution in [2.75, 3.05) is 31.1 Å². The molecule has 3 heterocycles. The SMILES string of the molecule is CCNC(=NCc1ccc(N2CC(C)OC(C)C2)nc1)NCCc1c[nH]c2ccccc12. The van der Waals surface area contributed by atoms with Crippen LogP contribution < -0.4 is 15.5 Å². The Hall–Kier alpha value is -3.06. The molecule has 1 aliphatic heterocycles. The van der Waals surface area contributed by atoms with Gasteiger partial charge in [-0.3, -0.25) is 0 Å². The van der Waals surface area contributed by atoms with Crippen LogP contribution in [0.15, 0.2) is 53.8 Å². The van der Waals surface area contributed by atoms with Gasteiger partial charge in [0, 0.05) is 49.5 Å². The fourth-order valence-corrected chi connectivity index (χ4v) is 4.23. The van der Waals surface area contributed by atoms with Gasteiger partial charge in [-0.25, -0.2) is 9.98 Å². The van der Waals surface area contributed by atoms with Crippen molar-refractivity contribution in [3.63, 3.8) is 0 Å². The van der Waals surface area contributed by atoms with Crippen LogP contribution in [0.1, 0.15) is 31.9 Å². The number of anilines is 1. The van der Waals surface area contributed by atoms with Crippen LogP contribution in [0, 0.1) is 0 Å². The number of aliphatic imine (C=N–C) groups is 1. The number of para-hydroxylation sites is 1. The van der Waals surface area contributed by atoms with E-state index in [1.807, 2.05) is 6.20 Å². The zero-order valence-electron chi connectivity index (χ0n) is 19.3. The minimum absolute atomic E-state index is 0.225. The Morgan fingerprint density at radius 3 is 2.72 bits per heavy atom. The van der Waals surface area contributed by atoms with Gasteiger partial charge in [0.15, 0.2) is 5.96 Å². The van der Waals surface area contributed by atoms with Gasteiger partial charge in [0.05, 0.1) is 18.8 Å². The van der Waals surface area contributed by atoms with Crippen molar-refractivity contribution in [3.05, 3.63) is 59.9 Å². The van der Waals surface area contributed by atoms with Crippen LogP contribution >= 0.6 is 0 Å². The number of aromatic amines is 1. The third-order valence-corrected chi connectivity index (χ3v) is 5.68. The minimum atomic E-state index is 0.225. The molecule has 2 atom stereocenters.